The zero-order valence-electron chi connectivity index (χ0n) is 11.7. The van der Waals surface area contributed by atoms with Gasteiger partial charge in [0.25, 0.3) is 5.91 Å². The Labute approximate surface area is 129 Å². The van der Waals surface area contributed by atoms with Crippen LogP contribution in [-0.4, -0.2) is 27.1 Å². The summed E-state index contributed by atoms with van der Waals surface area (Å²) in [6.45, 7) is 0. The molecule has 1 aromatic rings. The maximum Gasteiger partial charge on any atom is 0.276 e. The normalized spacial score (nSPS) is 21.9. The van der Waals surface area contributed by atoms with Crippen molar-refractivity contribution in [2.24, 2.45) is 0 Å². The molecule has 0 spiro atoms. The molecule has 2 aliphatic rings. The van der Waals surface area contributed by atoms with Gasteiger partial charge in [-0.2, -0.15) is 0 Å². The van der Waals surface area contributed by atoms with Gasteiger partial charge >= 0.3 is 0 Å². The highest BCUT2D eigenvalue weighted by molar-refractivity contribution is 7.80. The summed E-state index contributed by atoms with van der Waals surface area (Å²) in [5, 5.41) is 13.0. The number of thiocarbonyl (C=S) groups is 1. The number of phenols is 1. The number of rotatable bonds is 2. The molecule has 1 aliphatic carbocycles. The molecule has 2 fully saturated rings. The number of hydrogen-bond donors (Lipinski definition) is 2. The fourth-order valence-corrected chi connectivity index (χ4v) is 3.34. The lowest BCUT2D eigenvalue weighted by molar-refractivity contribution is -0.124. The highest BCUT2D eigenvalue weighted by Gasteiger charge is 2.36. The average Bonchev–Trinajstić information content (AvgIpc) is 2.74. The molecule has 1 heterocycles. The summed E-state index contributed by atoms with van der Waals surface area (Å²) in [5.41, 5.74) is 1.26. The van der Waals surface area contributed by atoms with Crippen LogP contribution in [0.25, 0.3) is 6.08 Å². The Kier molecular flexibility index (Phi) is 3.92. The predicted molar refractivity (Wildman–Crippen MR) is 85.5 cm³/mol. The molecule has 0 atom stereocenters. The van der Waals surface area contributed by atoms with E-state index in [2.05, 4.69) is 5.32 Å². The molecule has 1 amide bonds. The summed E-state index contributed by atoms with van der Waals surface area (Å²) in [4.78, 5) is 14.3. The Morgan fingerprint density at radius 3 is 2.76 bits per heavy atom. The van der Waals surface area contributed by atoms with Crippen molar-refractivity contribution >= 4 is 29.3 Å². The van der Waals surface area contributed by atoms with Crippen LogP contribution in [0.5, 0.6) is 5.75 Å². The summed E-state index contributed by atoms with van der Waals surface area (Å²) < 4.78 is 0. The maximum absolute atomic E-state index is 12.5. The van der Waals surface area contributed by atoms with Crippen LogP contribution >= 0.6 is 12.2 Å². The summed E-state index contributed by atoms with van der Waals surface area (Å²) in [7, 11) is 0. The number of hydrogen-bond acceptors (Lipinski definition) is 3. The van der Waals surface area contributed by atoms with Crippen LogP contribution < -0.4 is 5.32 Å². The third-order valence-corrected chi connectivity index (χ3v) is 4.33. The fraction of sp³-hybridized carbons (Fsp3) is 0.375. The van der Waals surface area contributed by atoms with Crippen LogP contribution in [0.15, 0.2) is 30.0 Å². The highest BCUT2D eigenvalue weighted by atomic mass is 32.1. The van der Waals surface area contributed by atoms with Crippen molar-refractivity contribution in [2.45, 2.75) is 38.1 Å². The lowest BCUT2D eigenvalue weighted by Gasteiger charge is -2.29. The SMILES string of the molecule is O=C1/C(=C/c2cccc(O)c2)NC(=S)N1C1CCCCC1. The molecule has 0 unspecified atom stereocenters. The molecule has 4 nitrogen and oxygen atoms in total. The number of carbonyl (C=O) groups is 1. The number of phenolic OH excluding ortho intramolecular Hbond substituents is 1. The molecule has 21 heavy (non-hydrogen) atoms. The van der Waals surface area contributed by atoms with Gasteiger partial charge in [0.15, 0.2) is 5.11 Å². The van der Waals surface area contributed by atoms with Gasteiger partial charge < -0.3 is 10.4 Å². The van der Waals surface area contributed by atoms with E-state index in [1.165, 1.54) is 6.42 Å². The van der Waals surface area contributed by atoms with Crippen molar-refractivity contribution in [1.82, 2.24) is 10.2 Å². The standard InChI is InChI=1S/C16H18N2O2S/c19-13-8-4-5-11(9-13)10-14-15(20)18(16(21)17-14)12-6-2-1-3-7-12/h4-5,8-10,12,19H,1-3,6-7H2,(H,17,21)/b14-10-. The lowest BCUT2D eigenvalue weighted by atomic mass is 9.94. The average molecular weight is 302 g/mol. The molecule has 1 aliphatic heterocycles. The second-order valence-corrected chi connectivity index (χ2v) is 5.94. The van der Waals surface area contributed by atoms with E-state index in [-0.39, 0.29) is 17.7 Å². The Morgan fingerprint density at radius 1 is 1.29 bits per heavy atom. The molecule has 0 radical (unpaired) electrons. The molecule has 3 rings (SSSR count). The Bertz CT molecular complexity index is 606. The Morgan fingerprint density at radius 2 is 2.05 bits per heavy atom. The van der Waals surface area contributed by atoms with Gasteiger partial charge in [-0.3, -0.25) is 9.69 Å². The first-order chi connectivity index (χ1) is 10.1. The van der Waals surface area contributed by atoms with Crippen LogP contribution in [0.4, 0.5) is 0 Å². The predicted octanol–water partition coefficient (Wildman–Crippen LogP) is 2.78. The maximum atomic E-state index is 12.5. The molecular formula is C16H18N2O2S. The van der Waals surface area contributed by atoms with E-state index >= 15 is 0 Å². The number of amides is 1. The quantitative estimate of drug-likeness (QED) is 0.651. The van der Waals surface area contributed by atoms with Gasteiger partial charge in [0.05, 0.1) is 0 Å². The van der Waals surface area contributed by atoms with Crippen LogP contribution in [0.1, 0.15) is 37.7 Å². The number of aromatic hydroxyl groups is 1. The molecule has 2 N–H and O–H groups in total. The first-order valence-electron chi connectivity index (χ1n) is 7.30. The number of benzene rings is 1. The highest BCUT2D eigenvalue weighted by Crippen LogP contribution is 2.27. The largest absolute Gasteiger partial charge is 0.508 e. The van der Waals surface area contributed by atoms with E-state index in [0.29, 0.717) is 10.8 Å². The van der Waals surface area contributed by atoms with Gasteiger partial charge in [-0.1, -0.05) is 31.4 Å². The minimum Gasteiger partial charge on any atom is -0.508 e. The smallest absolute Gasteiger partial charge is 0.276 e. The van der Waals surface area contributed by atoms with Gasteiger partial charge in [-0.05, 0) is 48.8 Å². The second kappa shape index (κ2) is 5.85. The van der Waals surface area contributed by atoms with Crippen molar-refractivity contribution in [2.75, 3.05) is 0 Å². The van der Waals surface area contributed by atoms with Crippen LogP contribution in [-0.2, 0) is 4.79 Å². The molecule has 0 aromatic heterocycles. The van der Waals surface area contributed by atoms with E-state index < -0.39 is 0 Å². The van der Waals surface area contributed by atoms with E-state index in [1.807, 2.05) is 6.07 Å². The van der Waals surface area contributed by atoms with Gasteiger partial charge in [-0.15, -0.1) is 0 Å². The molecule has 0 bridgehead atoms. The lowest BCUT2D eigenvalue weighted by Crippen LogP contribution is -2.41. The van der Waals surface area contributed by atoms with E-state index in [9.17, 15) is 9.90 Å². The minimum absolute atomic E-state index is 0.0600. The van der Waals surface area contributed by atoms with Gasteiger partial charge in [0.1, 0.15) is 11.4 Å². The number of carbonyl (C=O) groups excluding carboxylic acids is 1. The van der Waals surface area contributed by atoms with Gasteiger partial charge in [0.2, 0.25) is 0 Å². The topological polar surface area (TPSA) is 52.6 Å². The van der Waals surface area contributed by atoms with Gasteiger partial charge in [-0.25, -0.2) is 0 Å². The first kappa shape index (κ1) is 14.1. The van der Waals surface area contributed by atoms with Crippen molar-refractivity contribution in [1.29, 1.82) is 0 Å². The summed E-state index contributed by atoms with van der Waals surface area (Å²) in [6.07, 6.45) is 7.33. The van der Waals surface area contributed by atoms with Crippen molar-refractivity contribution in [3.05, 3.63) is 35.5 Å². The molecule has 5 heteroatoms. The summed E-state index contributed by atoms with van der Waals surface area (Å²) >= 11 is 5.32. The van der Waals surface area contributed by atoms with E-state index in [1.54, 1.807) is 29.2 Å². The monoisotopic (exact) mass is 302 g/mol. The fourth-order valence-electron chi connectivity index (χ4n) is 3.00. The van der Waals surface area contributed by atoms with Crippen molar-refractivity contribution in [3.63, 3.8) is 0 Å². The summed E-state index contributed by atoms with van der Waals surface area (Å²) in [5.74, 6) is 0.122. The molecule has 110 valence electrons. The molecule has 1 aromatic carbocycles. The third kappa shape index (κ3) is 2.93. The minimum atomic E-state index is -0.0600. The molecular weight excluding hydrogens is 284 g/mol. The number of nitrogens with one attached hydrogen (secondary N) is 1. The summed E-state index contributed by atoms with van der Waals surface area (Å²) in [6, 6.07) is 7.03. The third-order valence-electron chi connectivity index (χ3n) is 4.03. The second-order valence-electron chi connectivity index (χ2n) is 5.55. The van der Waals surface area contributed by atoms with Crippen molar-refractivity contribution in [3.8, 4) is 5.75 Å². The Balaban J connectivity index is 1.82. The molecule has 1 saturated carbocycles. The van der Waals surface area contributed by atoms with E-state index in [0.717, 1.165) is 31.2 Å². The van der Waals surface area contributed by atoms with Crippen LogP contribution in [0, 0.1) is 0 Å². The Hall–Kier alpha value is -1.88. The van der Waals surface area contributed by atoms with Crippen molar-refractivity contribution < 1.29 is 9.90 Å². The van der Waals surface area contributed by atoms with Crippen LogP contribution in [0.3, 0.4) is 0 Å². The zero-order chi connectivity index (χ0) is 14.8. The first-order valence-corrected chi connectivity index (χ1v) is 7.71. The van der Waals surface area contributed by atoms with Gasteiger partial charge in [0, 0.05) is 6.04 Å². The van der Waals surface area contributed by atoms with Crippen LogP contribution in [0.2, 0.25) is 0 Å². The number of nitrogens with zero attached hydrogens (tertiary/aromatic N) is 1. The van der Waals surface area contributed by atoms with E-state index in [4.69, 9.17) is 12.2 Å². The molecule has 1 saturated heterocycles. The zero-order valence-corrected chi connectivity index (χ0v) is 12.5.